The lowest BCUT2D eigenvalue weighted by atomic mass is 10.5. The molecule has 0 aromatic rings. The minimum Gasteiger partial charge on any atom is -0.272 e. The van der Waals surface area contributed by atoms with Crippen molar-refractivity contribution in [3.63, 3.8) is 0 Å². The quantitative estimate of drug-likeness (QED) is 0.508. The number of carbonyl (C=O) groups is 1. The molecule has 0 rings (SSSR count). The topological polar surface area (TPSA) is 20.3 Å². The van der Waals surface area contributed by atoms with E-state index in [1.165, 1.54) is 0 Å². The van der Waals surface area contributed by atoms with E-state index in [-0.39, 0.29) is 5.91 Å². The van der Waals surface area contributed by atoms with Gasteiger partial charge in [0.2, 0.25) is 0 Å². The fourth-order valence-electron chi connectivity index (χ4n) is 0.120. The zero-order valence-corrected chi connectivity index (χ0v) is 5.33. The summed E-state index contributed by atoms with van der Waals surface area (Å²) in [6, 6.07) is 0. The molecule has 0 saturated carbocycles. The molecular weight excluding hydrogens is 137 g/mol. The van der Waals surface area contributed by atoms with Crippen molar-refractivity contribution in [1.82, 2.24) is 3.94 Å². The summed E-state index contributed by atoms with van der Waals surface area (Å²) in [5.41, 5.74) is 0. The first-order valence-electron chi connectivity index (χ1n) is 1.83. The molecule has 0 bridgehead atoms. The highest BCUT2D eigenvalue weighted by atomic mass is 35.5. The summed E-state index contributed by atoms with van der Waals surface area (Å²) in [5.74, 6) is -0.289. The van der Waals surface area contributed by atoms with Crippen LogP contribution in [-0.2, 0) is 4.79 Å². The maximum absolute atomic E-state index is 10.2. The fraction of sp³-hybridized carbons (Fsp3) is 0.667. The third-order valence-corrected chi connectivity index (χ3v) is 0.868. The largest absolute Gasteiger partial charge is 0.272 e. The van der Waals surface area contributed by atoms with Crippen molar-refractivity contribution in [2.24, 2.45) is 0 Å². The van der Waals surface area contributed by atoms with Crippen LogP contribution in [0, 0.1) is 0 Å². The van der Waals surface area contributed by atoms with E-state index < -0.39 is 0 Å². The van der Waals surface area contributed by atoms with Crippen molar-refractivity contribution >= 4 is 29.5 Å². The summed E-state index contributed by atoms with van der Waals surface area (Å²) >= 11 is 9.96. The molecule has 0 aliphatic rings. The summed E-state index contributed by atoms with van der Waals surface area (Å²) < 4.78 is 0.528. The summed E-state index contributed by atoms with van der Waals surface area (Å²) in [6.45, 7) is 1.68. The highest BCUT2D eigenvalue weighted by molar-refractivity contribution is 6.41. The normalized spacial score (nSPS) is 8.43. The van der Waals surface area contributed by atoms with Crippen LogP contribution >= 0.6 is 23.6 Å². The molecule has 7 heavy (non-hydrogen) atoms. The SMILES string of the molecule is CCC(=O)N(Cl)Cl. The molecular formula is C3H5Cl2NO. The van der Waals surface area contributed by atoms with E-state index in [9.17, 15) is 4.79 Å². The molecule has 0 aromatic carbocycles. The van der Waals surface area contributed by atoms with Crippen molar-refractivity contribution in [2.45, 2.75) is 13.3 Å². The van der Waals surface area contributed by atoms with E-state index in [1.54, 1.807) is 6.92 Å². The maximum atomic E-state index is 10.2. The molecule has 0 unspecified atom stereocenters. The summed E-state index contributed by atoms with van der Waals surface area (Å²) in [7, 11) is 0. The first kappa shape index (κ1) is 7.05. The average molecular weight is 142 g/mol. The molecule has 42 valence electrons. The van der Waals surface area contributed by atoms with Crippen molar-refractivity contribution < 1.29 is 4.79 Å². The smallest absolute Gasteiger partial charge is 0.251 e. The second-order valence-corrected chi connectivity index (χ2v) is 1.83. The molecule has 0 aliphatic carbocycles. The molecule has 0 fully saturated rings. The minimum atomic E-state index is -0.289. The van der Waals surface area contributed by atoms with Crippen molar-refractivity contribution in [2.75, 3.05) is 0 Å². The zero-order chi connectivity index (χ0) is 5.86. The first-order chi connectivity index (χ1) is 3.18. The van der Waals surface area contributed by atoms with Crippen LogP contribution in [0.5, 0.6) is 0 Å². The Bertz CT molecular complexity index is 73.3. The molecule has 4 heteroatoms. The molecule has 0 heterocycles. The molecule has 0 aliphatic heterocycles. The number of halogens is 2. The van der Waals surface area contributed by atoms with Gasteiger partial charge in [0, 0.05) is 30.0 Å². The van der Waals surface area contributed by atoms with Gasteiger partial charge in [-0.05, 0) is 0 Å². The molecule has 1 amide bonds. The third-order valence-electron chi connectivity index (χ3n) is 0.491. The number of nitrogens with zero attached hydrogens (tertiary/aromatic N) is 1. The standard InChI is InChI=1S/C3H5Cl2NO/c1-2-3(7)6(4)5/h2H2,1H3. The Balaban J connectivity index is 3.35. The van der Waals surface area contributed by atoms with E-state index in [4.69, 9.17) is 23.6 Å². The minimum absolute atomic E-state index is 0.289. The Kier molecular flexibility index (Phi) is 3.13. The van der Waals surface area contributed by atoms with Gasteiger partial charge in [0.15, 0.2) is 0 Å². The van der Waals surface area contributed by atoms with Crippen LogP contribution < -0.4 is 0 Å². The average Bonchev–Trinajstić information content (AvgIpc) is 1.65. The predicted molar refractivity (Wildman–Crippen MR) is 28.8 cm³/mol. The number of carbonyl (C=O) groups excluding carboxylic acids is 1. The van der Waals surface area contributed by atoms with Crippen LogP contribution in [0.15, 0.2) is 0 Å². The van der Waals surface area contributed by atoms with Crippen LogP contribution in [0.2, 0.25) is 0 Å². The van der Waals surface area contributed by atoms with E-state index >= 15 is 0 Å². The van der Waals surface area contributed by atoms with Crippen LogP contribution in [0.4, 0.5) is 0 Å². The van der Waals surface area contributed by atoms with Gasteiger partial charge in [0.05, 0.1) is 0 Å². The number of amides is 1. The number of hydrogen-bond acceptors (Lipinski definition) is 1. The summed E-state index contributed by atoms with van der Waals surface area (Å²) in [6.07, 6.45) is 0.340. The summed E-state index contributed by atoms with van der Waals surface area (Å²) in [5, 5.41) is 0. The van der Waals surface area contributed by atoms with Gasteiger partial charge in [-0.15, -0.1) is 0 Å². The van der Waals surface area contributed by atoms with Gasteiger partial charge in [0.25, 0.3) is 5.91 Å². The highest BCUT2D eigenvalue weighted by Gasteiger charge is 2.01. The van der Waals surface area contributed by atoms with Crippen molar-refractivity contribution in [3.8, 4) is 0 Å². The number of hydrogen-bond donors (Lipinski definition) is 0. The summed E-state index contributed by atoms with van der Waals surface area (Å²) in [4.78, 5) is 10.2. The Morgan fingerprint density at radius 1 is 1.71 bits per heavy atom. The Morgan fingerprint density at radius 2 is 2.14 bits per heavy atom. The Hall–Kier alpha value is 0.0500. The molecule has 0 atom stereocenters. The lowest BCUT2D eigenvalue weighted by molar-refractivity contribution is -0.123. The van der Waals surface area contributed by atoms with E-state index in [1.807, 2.05) is 0 Å². The number of rotatable bonds is 1. The van der Waals surface area contributed by atoms with Gasteiger partial charge in [-0.1, -0.05) is 6.92 Å². The monoisotopic (exact) mass is 141 g/mol. The molecule has 2 nitrogen and oxygen atoms in total. The van der Waals surface area contributed by atoms with Gasteiger partial charge in [-0.3, -0.25) is 4.79 Å². The van der Waals surface area contributed by atoms with E-state index in [2.05, 4.69) is 0 Å². The molecule has 0 aromatic heterocycles. The van der Waals surface area contributed by atoms with Gasteiger partial charge < -0.3 is 0 Å². The van der Waals surface area contributed by atoms with Gasteiger partial charge in [0.1, 0.15) is 0 Å². The molecule has 0 N–H and O–H groups in total. The van der Waals surface area contributed by atoms with Crippen molar-refractivity contribution in [3.05, 3.63) is 0 Å². The maximum Gasteiger partial charge on any atom is 0.251 e. The molecule has 0 spiro atoms. The molecule has 0 saturated heterocycles. The lowest BCUT2D eigenvalue weighted by Gasteiger charge is -1.96. The lowest BCUT2D eigenvalue weighted by Crippen LogP contribution is -2.07. The van der Waals surface area contributed by atoms with Gasteiger partial charge in [-0.25, -0.2) is 0 Å². The zero-order valence-electron chi connectivity index (χ0n) is 3.82. The van der Waals surface area contributed by atoms with Gasteiger partial charge in [-0.2, -0.15) is 3.94 Å². The van der Waals surface area contributed by atoms with Gasteiger partial charge >= 0.3 is 0 Å². The first-order valence-corrected chi connectivity index (χ1v) is 2.50. The van der Waals surface area contributed by atoms with Crippen LogP contribution in [0.1, 0.15) is 13.3 Å². The fourth-order valence-corrected chi connectivity index (χ4v) is 0.359. The van der Waals surface area contributed by atoms with E-state index in [0.717, 1.165) is 0 Å². The predicted octanol–water partition coefficient (Wildman–Crippen LogP) is 1.53. The highest BCUT2D eigenvalue weighted by Crippen LogP contribution is 2.00. The van der Waals surface area contributed by atoms with Crippen LogP contribution in [0.3, 0.4) is 0 Å². The molecule has 0 radical (unpaired) electrons. The second kappa shape index (κ2) is 3.10. The van der Waals surface area contributed by atoms with Crippen molar-refractivity contribution in [1.29, 1.82) is 0 Å². The second-order valence-electron chi connectivity index (χ2n) is 0.980. The Morgan fingerprint density at radius 3 is 2.14 bits per heavy atom. The van der Waals surface area contributed by atoms with Crippen LogP contribution in [-0.4, -0.2) is 9.85 Å². The Labute approximate surface area is 52.2 Å². The third kappa shape index (κ3) is 2.71. The van der Waals surface area contributed by atoms with Crippen LogP contribution in [0.25, 0.3) is 0 Å². The van der Waals surface area contributed by atoms with E-state index in [0.29, 0.717) is 10.4 Å².